The van der Waals surface area contributed by atoms with Crippen molar-refractivity contribution in [1.29, 1.82) is 0 Å². The Hall–Kier alpha value is -3.25. The van der Waals surface area contributed by atoms with Crippen molar-refractivity contribution < 1.29 is 9.72 Å². The van der Waals surface area contributed by atoms with Crippen LogP contribution in [0.25, 0.3) is 10.8 Å². The average Bonchev–Trinajstić information content (AvgIpc) is 2.67. The molecule has 3 aromatic rings. The molecular formula is C21H21N3O3. The van der Waals surface area contributed by atoms with Crippen molar-refractivity contribution >= 4 is 28.1 Å². The summed E-state index contributed by atoms with van der Waals surface area (Å²) in [7, 11) is 0. The van der Waals surface area contributed by atoms with Gasteiger partial charge in [-0.15, -0.1) is 0 Å². The van der Waals surface area contributed by atoms with Gasteiger partial charge in [-0.3, -0.25) is 20.2 Å². The molecule has 3 aromatic carbocycles. The third-order valence-electron chi connectivity index (χ3n) is 4.54. The number of hydrogen-bond donors (Lipinski definition) is 2. The molecule has 138 valence electrons. The first-order valence-electron chi connectivity index (χ1n) is 8.75. The molecule has 0 aliphatic carbocycles. The maximum absolute atomic E-state index is 12.5. The fourth-order valence-electron chi connectivity index (χ4n) is 3.15. The van der Waals surface area contributed by atoms with Crippen molar-refractivity contribution in [2.75, 3.05) is 5.32 Å². The van der Waals surface area contributed by atoms with E-state index in [4.69, 9.17) is 0 Å². The van der Waals surface area contributed by atoms with E-state index < -0.39 is 11.0 Å². The van der Waals surface area contributed by atoms with Crippen LogP contribution in [0.3, 0.4) is 0 Å². The van der Waals surface area contributed by atoms with Crippen LogP contribution in [0.1, 0.15) is 25.5 Å². The predicted octanol–water partition coefficient (Wildman–Crippen LogP) is 4.43. The Kier molecular flexibility index (Phi) is 5.47. The number of amides is 1. The van der Waals surface area contributed by atoms with E-state index in [0.717, 1.165) is 16.3 Å². The minimum absolute atomic E-state index is 0.0670. The Morgan fingerprint density at radius 1 is 0.963 bits per heavy atom. The molecule has 0 bridgehead atoms. The lowest BCUT2D eigenvalue weighted by atomic mass is 9.99. The summed E-state index contributed by atoms with van der Waals surface area (Å²) in [6, 6.07) is 19.7. The SMILES string of the molecule is CC(NC(C)c1cccc2ccccc12)C(=O)Nc1ccccc1[N+](=O)[O-]. The highest BCUT2D eigenvalue weighted by molar-refractivity contribution is 5.96. The summed E-state index contributed by atoms with van der Waals surface area (Å²) in [5, 5.41) is 19.3. The van der Waals surface area contributed by atoms with E-state index in [-0.39, 0.29) is 23.3 Å². The number of benzene rings is 3. The largest absolute Gasteiger partial charge is 0.319 e. The van der Waals surface area contributed by atoms with Crippen molar-refractivity contribution in [2.45, 2.75) is 25.9 Å². The van der Waals surface area contributed by atoms with Crippen molar-refractivity contribution in [3.63, 3.8) is 0 Å². The van der Waals surface area contributed by atoms with E-state index in [1.54, 1.807) is 19.1 Å². The minimum Gasteiger partial charge on any atom is -0.319 e. The van der Waals surface area contributed by atoms with Crippen molar-refractivity contribution in [1.82, 2.24) is 5.32 Å². The van der Waals surface area contributed by atoms with Crippen molar-refractivity contribution in [3.8, 4) is 0 Å². The zero-order chi connectivity index (χ0) is 19.4. The number of hydrogen-bond acceptors (Lipinski definition) is 4. The molecule has 2 atom stereocenters. The second-order valence-corrected chi connectivity index (χ2v) is 6.44. The molecule has 1 amide bonds. The Morgan fingerprint density at radius 3 is 2.41 bits per heavy atom. The Balaban J connectivity index is 1.74. The highest BCUT2D eigenvalue weighted by atomic mass is 16.6. The number of fused-ring (bicyclic) bond motifs is 1. The highest BCUT2D eigenvalue weighted by Crippen LogP contribution is 2.25. The van der Waals surface area contributed by atoms with E-state index in [9.17, 15) is 14.9 Å². The smallest absolute Gasteiger partial charge is 0.292 e. The monoisotopic (exact) mass is 363 g/mol. The fraction of sp³-hybridized carbons (Fsp3) is 0.190. The number of carbonyl (C=O) groups excluding carboxylic acids is 1. The number of nitro groups is 1. The van der Waals surface area contributed by atoms with Crippen LogP contribution in [0.5, 0.6) is 0 Å². The average molecular weight is 363 g/mol. The molecule has 0 radical (unpaired) electrons. The second kappa shape index (κ2) is 7.97. The van der Waals surface area contributed by atoms with Gasteiger partial charge in [0.25, 0.3) is 5.69 Å². The highest BCUT2D eigenvalue weighted by Gasteiger charge is 2.20. The molecule has 6 heteroatoms. The Labute approximate surface area is 157 Å². The lowest BCUT2D eigenvalue weighted by molar-refractivity contribution is -0.383. The maximum Gasteiger partial charge on any atom is 0.292 e. The molecule has 2 N–H and O–H groups in total. The normalized spacial score (nSPS) is 13.1. The second-order valence-electron chi connectivity index (χ2n) is 6.44. The van der Waals surface area contributed by atoms with Gasteiger partial charge in [0.15, 0.2) is 0 Å². The molecule has 0 heterocycles. The molecular weight excluding hydrogens is 342 g/mol. The zero-order valence-electron chi connectivity index (χ0n) is 15.2. The summed E-state index contributed by atoms with van der Waals surface area (Å²) in [6.45, 7) is 3.74. The first-order valence-corrected chi connectivity index (χ1v) is 8.75. The molecule has 0 saturated heterocycles. The summed E-state index contributed by atoms with van der Waals surface area (Å²) in [4.78, 5) is 23.1. The molecule has 0 aliphatic rings. The predicted molar refractivity (Wildman–Crippen MR) is 107 cm³/mol. The third-order valence-corrected chi connectivity index (χ3v) is 4.54. The van der Waals surface area contributed by atoms with E-state index in [2.05, 4.69) is 28.8 Å². The molecule has 6 nitrogen and oxygen atoms in total. The van der Waals surface area contributed by atoms with Gasteiger partial charge < -0.3 is 5.32 Å². The molecule has 0 aliphatic heterocycles. The first-order chi connectivity index (χ1) is 13.0. The van der Waals surface area contributed by atoms with Crippen molar-refractivity contribution in [3.05, 3.63) is 82.4 Å². The number of anilines is 1. The third kappa shape index (κ3) is 4.12. The van der Waals surface area contributed by atoms with Gasteiger partial charge in [0.1, 0.15) is 5.69 Å². The van der Waals surface area contributed by atoms with Crippen LogP contribution in [0, 0.1) is 10.1 Å². The summed E-state index contributed by atoms with van der Waals surface area (Å²) >= 11 is 0. The summed E-state index contributed by atoms with van der Waals surface area (Å²) in [5.74, 6) is -0.323. The molecule has 0 fully saturated rings. The quantitative estimate of drug-likeness (QED) is 0.501. The van der Waals surface area contributed by atoms with Gasteiger partial charge in [-0.25, -0.2) is 0 Å². The molecule has 27 heavy (non-hydrogen) atoms. The van der Waals surface area contributed by atoms with Crippen LogP contribution >= 0.6 is 0 Å². The van der Waals surface area contributed by atoms with E-state index >= 15 is 0 Å². The number of rotatable bonds is 6. The van der Waals surface area contributed by atoms with Crippen LogP contribution in [-0.4, -0.2) is 16.9 Å². The number of nitrogens with one attached hydrogen (secondary N) is 2. The standard InChI is InChI=1S/C21H21N3O3/c1-14(17-11-7-9-16-8-3-4-10-18(16)17)22-15(2)21(25)23-19-12-5-6-13-20(19)24(26)27/h3-15,22H,1-2H3,(H,23,25). The van der Waals surface area contributed by atoms with Crippen LogP contribution < -0.4 is 10.6 Å². The van der Waals surface area contributed by atoms with Gasteiger partial charge >= 0.3 is 0 Å². The summed E-state index contributed by atoms with van der Waals surface area (Å²) in [6.07, 6.45) is 0. The number of nitro benzene ring substituents is 1. The lowest BCUT2D eigenvalue weighted by Crippen LogP contribution is -2.39. The zero-order valence-corrected chi connectivity index (χ0v) is 15.2. The lowest BCUT2D eigenvalue weighted by Gasteiger charge is -2.21. The van der Waals surface area contributed by atoms with Gasteiger partial charge in [-0.1, -0.05) is 54.6 Å². The van der Waals surface area contributed by atoms with Crippen molar-refractivity contribution in [2.24, 2.45) is 0 Å². The van der Waals surface area contributed by atoms with Gasteiger partial charge in [-0.2, -0.15) is 0 Å². The number of para-hydroxylation sites is 2. The maximum atomic E-state index is 12.5. The van der Waals surface area contributed by atoms with Gasteiger partial charge in [-0.05, 0) is 36.2 Å². The van der Waals surface area contributed by atoms with Crippen LogP contribution in [0.2, 0.25) is 0 Å². The molecule has 0 aromatic heterocycles. The van der Waals surface area contributed by atoms with Crippen LogP contribution in [-0.2, 0) is 4.79 Å². The van der Waals surface area contributed by atoms with Crippen LogP contribution in [0.4, 0.5) is 11.4 Å². The van der Waals surface area contributed by atoms with Crippen LogP contribution in [0.15, 0.2) is 66.7 Å². The van der Waals surface area contributed by atoms with Gasteiger partial charge in [0.2, 0.25) is 5.91 Å². The molecule has 0 saturated carbocycles. The molecule has 0 spiro atoms. The van der Waals surface area contributed by atoms with E-state index in [0.29, 0.717) is 0 Å². The van der Waals surface area contributed by atoms with E-state index in [1.807, 2.05) is 31.2 Å². The van der Waals surface area contributed by atoms with Gasteiger partial charge in [0.05, 0.1) is 11.0 Å². The molecule has 3 rings (SSSR count). The Bertz CT molecular complexity index is 982. The first kappa shape index (κ1) is 18.5. The van der Waals surface area contributed by atoms with E-state index in [1.165, 1.54) is 12.1 Å². The fourth-order valence-corrected chi connectivity index (χ4v) is 3.15. The van der Waals surface area contributed by atoms with Gasteiger partial charge in [0, 0.05) is 12.1 Å². The topological polar surface area (TPSA) is 84.3 Å². The summed E-state index contributed by atoms with van der Waals surface area (Å²) < 4.78 is 0. The molecule has 2 unspecified atom stereocenters. The minimum atomic E-state index is -0.529. The number of nitrogens with zero attached hydrogens (tertiary/aromatic N) is 1. The Morgan fingerprint density at radius 2 is 1.63 bits per heavy atom. The summed E-state index contributed by atoms with van der Waals surface area (Å²) in [5.41, 5.74) is 1.16. The number of carbonyl (C=O) groups is 1.